The molecule has 0 fully saturated rings. The molecule has 0 bridgehead atoms. The standard InChI is InChI=1S/C17H18N2O7S2/c1-25-13-5-3-4-12(8-13)11-26-17(20)10-18-28(23,24)14-6-7-16(27-2)15(9-14)19(21)22/h3-9,18H,10-11H2,1-2H3. The number of nitro benzene ring substituents is 1. The molecule has 0 atom stereocenters. The van der Waals surface area contributed by atoms with Crippen molar-refractivity contribution in [3.05, 3.63) is 58.1 Å². The summed E-state index contributed by atoms with van der Waals surface area (Å²) in [7, 11) is -2.60. The van der Waals surface area contributed by atoms with Gasteiger partial charge in [-0.2, -0.15) is 4.72 Å². The SMILES string of the molecule is COc1cccc(COC(=O)CNS(=O)(=O)c2ccc(SC)c([N+](=O)[O-])c2)c1. The van der Waals surface area contributed by atoms with E-state index >= 15 is 0 Å². The number of hydrogen-bond acceptors (Lipinski definition) is 8. The second-order valence-electron chi connectivity index (χ2n) is 5.43. The number of ether oxygens (including phenoxy) is 2. The molecule has 2 aromatic rings. The van der Waals surface area contributed by atoms with Gasteiger partial charge in [0, 0.05) is 6.07 Å². The molecule has 0 aliphatic rings. The van der Waals surface area contributed by atoms with E-state index in [-0.39, 0.29) is 17.2 Å². The maximum absolute atomic E-state index is 12.3. The number of methoxy groups -OCH3 is 1. The van der Waals surface area contributed by atoms with E-state index in [1.807, 2.05) is 0 Å². The summed E-state index contributed by atoms with van der Waals surface area (Å²) >= 11 is 1.13. The molecule has 1 N–H and O–H groups in total. The van der Waals surface area contributed by atoms with Crippen LogP contribution in [0.2, 0.25) is 0 Å². The van der Waals surface area contributed by atoms with E-state index in [2.05, 4.69) is 4.72 Å². The predicted molar refractivity (Wildman–Crippen MR) is 103 cm³/mol. The molecule has 0 heterocycles. The maximum Gasteiger partial charge on any atom is 0.321 e. The first-order valence-electron chi connectivity index (χ1n) is 7.87. The molecule has 2 rings (SSSR count). The average molecular weight is 426 g/mol. The molecule has 0 aliphatic carbocycles. The number of sulfonamides is 1. The fraction of sp³-hybridized carbons (Fsp3) is 0.235. The van der Waals surface area contributed by atoms with Crippen molar-refractivity contribution in [1.82, 2.24) is 4.72 Å². The van der Waals surface area contributed by atoms with Gasteiger partial charge < -0.3 is 9.47 Å². The third-order valence-corrected chi connectivity index (χ3v) is 5.78. The van der Waals surface area contributed by atoms with Crippen molar-refractivity contribution in [1.29, 1.82) is 0 Å². The Morgan fingerprint density at radius 3 is 2.64 bits per heavy atom. The fourth-order valence-corrected chi connectivity index (χ4v) is 3.73. The topological polar surface area (TPSA) is 125 Å². The van der Waals surface area contributed by atoms with Crippen molar-refractivity contribution in [3.8, 4) is 5.75 Å². The minimum atomic E-state index is -4.11. The second-order valence-corrected chi connectivity index (χ2v) is 8.04. The summed E-state index contributed by atoms with van der Waals surface area (Å²) in [5.41, 5.74) is 0.356. The van der Waals surface area contributed by atoms with E-state index < -0.39 is 27.5 Å². The van der Waals surface area contributed by atoms with E-state index in [0.717, 1.165) is 17.8 Å². The molecule has 0 spiro atoms. The first-order chi connectivity index (χ1) is 13.3. The number of benzene rings is 2. The number of esters is 1. The van der Waals surface area contributed by atoms with E-state index in [0.29, 0.717) is 16.2 Å². The van der Waals surface area contributed by atoms with E-state index in [1.54, 1.807) is 30.5 Å². The van der Waals surface area contributed by atoms with Crippen LogP contribution < -0.4 is 9.46 Å². The molecule has 0 aliphatic heterocycles. The second kappa shape index (κ2) is 9.53. The minimum absolute atomic E-state index is 0.0499. The van der Waals surface area contributed by atoms with Crippen LogP contribution in [0.1, 0.15) is 5.56 Å². The van der Waals surface area contributed by atoms with Gasteiger partial charge in [0.05, 0.1) is 21.8 Å². The normalized spacial score (nSPS) is 11.1. The minimum Gasteiger partial charge on any atom is -0.497 e. The number of rotatable bonds is 9. The van der Waals surface area contributed by atoms with Gasteiger partial charge in [-0.3, -0.25) is 14.9 Å². The van der Waals surface area contributed by atoms with Gasteiger partial charge in [0.1, 0.15) is 18.9 Å². The molecule has 0 unspecified atom stereocenters. The highest BCUT2D eigenvalue weighted by molar-refractivity contribution is 7.98. The van der Waals surface area contributed by atoms with Crippen molar-refractivity contribution in [2.24, 2.45) is 0 Å². The number of nitro groups is 1. The van der Waals surface area contributed by atoms with Gasteiger partial charge in [0.25, 0.3) is 5.69 Å². The summed E-state index contributed by atoms with van der Waals surface area (Å²) in [6.07, 6.45) is 1.65. The van der Waals surface area contributed by atoms with Crippen LogP contribution in [0.4, 0.5) is 5.69 Å². The van der Waals surface area contributed by atoms with Crippen molar-refractivity contribution >= 4 is 33.4 Å². The Morgan fingerprint density at radius 2 is 2.00 bits per heavy atom. The number of carbonyl (C=O) groups is 1. The zero-order valence-corrected chi connectivity index (χ0v) is 16.7. The summed E-state index contributed by atoms with van der Waals surface area (Å²) in [5.74, 6) is -0.189. The molecular formula is C17H18N2O7S2. The highest BCUT2D eigenvalue weighted by Crippen LogP contribution is 2.29. The van der Waals surface area contributed by atoms with Crippen molar-refractivity contribution < 1.29 is 27.6 Å². The zero-order chi connectivity index (χ0) is 20.7. The zero-order valence-electron chi connectivity index (χ0n) is 15.1. The Bertz CT molecular complexity index is 977. The Labute approximate surface area is 166 Å². The lowest BCUT2D eigenvalue weighted by Crippen LogP contribution is -2.30. The molecule has 0 aromatic heterocycles. The molecule has 9 nitrogen and oxygen atoms in total. The summed E-state index contributed by atoms with van der Waals surface area (Å²) in [6.45, 7) is -0.657. The third-order valence-electron chi connectivity index (χ3n) is 3.60. The van der Waals surface area contributed by atoms with Crippen LogP contribution in [0.5, 0.6) is 5.75 Å². The molecule has 0 saturated carbocycles. The number of thioether (sulfide) groups is 1. The quantitative estimate of drug-likeness (QED) is 0.280. The van der Waals surface area contributed by atoms with E-state index in [9.17, 15) is 23.3 Å². The summed E-state index contributed by atoms with van der Waals surface area (Å²) in [5, 5.41) is 11.1. The number of hydrogen-bond donors (Lipinski definition) is 1. The summed E-state index contributed by atoms with van der Waals surface area (Å²) < 4.78 is 36.8. The van der Waals surface area contributed by atoms with Crippen LogP contribution in [0.25, 0.3) is 0 Å². The summed E-state index contributed by atoms with van der Waals surface area (Å²) in [6, 6.07) is 10.4. The van der Waals surface area contributed by atoms with Crippen LogP contribution in [-0.4, -0.2) is 39.2 Å². The molecule has 2 aromatic carbocycles. The van der Waals surface area contributed by atoms with E-state index in [4.69, 9.17) is 9.47 Å². The highest BCUT2D eigenvalue weighted by atomic mass is 32.2. The molecular weight excluding hydrogens is 408 g/mol. The Hall–Kier alpha value is -2.63. The number of nitrogens with zero attached hydrogens (tertiary/aromatic N) is 1. The molecule has 0 radical (unpaired) electrons. The van der Waals surface area contributed by atoms with Crippen molar-refractivity contribution in [2.45, 2.75) is 16.4 Å². The van der Waals surface area contributed by atoms with Crippen LogP contribution in [0.15, 0.2) is 52.3 Å². The lowest BCUT2D eigenvalue weighted by molar-refractivity contribution is -0.387. The van der Waals surface area contributed by atoms with Crippen molar-refractivity contribution in [3.63, 3.8) is 0 Å². The summed E-state index contributed by atoms with van der Waals surface area (Å²) in [4.78, 5) is 22.3. The highest BCUT2D eigenvalue weighted by Gasteiger charge is 2.22. The monoisotopic (exact) mass is 426 g/mol. The molecule has 11 heteroatoms. The molecule has 150 valence electrons. The van der Waals surface area contributed by atoms with Crippen molar-refractivity contribution in [2.75, 3.05) is 19.9 Å². The maximum atomic E-state index is 12.3. The van der Waals surface area contributed by atoms with Crippen LogP contribution in [0, 0.1) is 10.1 Å². The first kappa shape index (κ1) is 21.7. The molecule has 0 amide bonds. The fourth-order valence-electron chi connectivity index (χ4n) is 2.19. The smallest absolute Gasteiger partial charge is 0.321 e. The number of carbonyl (C=O) groups excluding carboxylic acids is 1. The lowest BCUT2D eigenvalue weighted by Gasteiger charge is -2.09. The Morgan fingerprint density at radius 1 is 1.25 bits per heavy atom. The van der Waals surface area contributed by atoms with Gasteiger partial charge in [-0.15, -0.1) is 11.8 Å². The van der Waals surface area contributed by atoms with Crippen LogP contribution in [0.3, 0.4) is 0 Å². The first-order valence-corrected chi connectivity index (χ1v) is 10.6. The largest absolute Gasteiger partial charge is 0.497 e. The van der Waals surface area contributed by atoms with Gasteiger partial charge in [-0.05, 0) is 36.1 Å². The molecule has 28 heavy (non-hydrogen) atoms. The van der Waals surface area contributed by atoms with Gasteiger partial charge in [-0.1, -0.05) is 12.1 Å². The Kier molecular flexibility index (Phi) is 7.38. The third kappa shape index (κ3) is 5.68. The molecule has 0 saturated heterocycles. The van der Waals surface area contributed by atoms with Gasteiger partial charge in [0.15, 0.2) is 0 Å². The van der Waals surface area contributed by atoms with Crippen LogP contribution >= 0.6 is 11.8 Å². The number of nitrogens with one attached hydrogen (secondary N) is 1. The average Bonchev–Trinajstić information content (AvgIpc) is 2.70. The van der Waals surface area contributed by atoms with Crippen LogP contribution in [-0.2, 0) is 26.2 Å². The lowest BCUT2D eigenvalue weighted by atomic mass is 10.2. The Balaban J connectivity index is 1.99. The van der Waals surface area contributed by atoms with Gasteiger partial charge in [-0.25, -0.2) is 8.42 Å². The van der Waals surface area contributed by atoms with E-state index in [1.165, 1.54) is 19.2 Å². The van der Waals surface area contributed by atoms with Gasteiger partial charge in [0.2, 0.25) is 10.0 Å². The van der Waals surface area contributed by atoms with Gasteiger partial charge >= 0.3 is 5.97 Å². The predicted octanol–water partition coefficient (Wildman–Crippen LogP) is 2.35.